The first-order valence-corrected chi connectivity index (χ1v) is 8.44. The van der Waals surface area contributed by atoms with Crippen LogP contribution in [-0.2, 0) is 6.61 Å². The van der Waals surface area contributed by atoms with E-state index in [1.807, 2.05) is 30.3 Å². The number of fused-ring (bicyclic) bond motifs is 1. The fraction of sp³-hybridized carbons (Fsp3) is 0.0556. The van der Waals surface area contributed by atoms with Crippen LogP contribution in [0.5, 0.6) is 11.8 Å². The van der Waals surface area contributed by atoms with E-state index in [1.165, 1.54) is 10.7 Å². The third-order valence-corrected chi connectivity index (χ3v) is 4.28. The predicted molar refractivity (Wildman–Crippen MR) is 98.7 cm³/mol. The van der Waals surface area contributed by atoms with Crippen molar-refractivity contribution in [3.05, 3.63) is 70.3 Å². The molecule has 0 aliphatic carbocycles. The Hall–Kier alpha value is -2.83. The molecule has 2 heterocycles. The second kappa shape index (κ2) is 6.82. The first-order valence-electron chi connectivity index (χ1n) is 7.69. The van der Waals surface area contributed by atoms with Crippen LogP contribution in [0.3, 0.4) is 0 Å². The molecule has 2 aromatic carbocycles. The highest BCUT2D eigenvalue weighted by Gasteiger charge is 2.15. The Morgan fingerprint density at radius 2 is 1.73 bits per heavy atom. The fourth-order valence-electron chi connectivity index (χ4n) is 2.50. The Labute approximate surface area is 158 Å². The lowest BCUT2D eigenvalue weighted by Gasteiger charge is -2.12. The Morgan fingerprint density at radius 1 is 1.00 bits per heavy atom. The maximum Gasteiger partial charge on any atom is 0.319 e. The summed E-state index contributed by atoms with van der Waals surface area (Å²) < 4.78 is 6.98. The Balaban J connectivity index is 1.66. The van der Waals surface area contributed by atoms with E-state index in [4.69, 9.17) is 27.9 Å². The van der Waals surface area contributed by atoms with Crippen molar-refractivity contribution in [3.63, 3.8) is 0 Å². The molecule has 26 heavy (non-hydrogen) atoms. The molecule has 0 unspecified atom stereocenters. The zero-order valence-electron chi connectivity index (χ0n) is 13.3. The number of hydrogen-bond acceptors (Lipinski definition) is 5. The maximum absolute atomic E-state index is 9.96. The highest BCUT2D eigenvalue weighted by Crippen LogP contribution is 2.37. The Kier molecular flexibility index (Phi) is 4.36. The zero-order chi connectivity index (χ0) is 18.1. The number of halogens is 2. The number of nitrogens with zero attached hydrogens (tertiary/aromatic N) is 4. The van der Waals surface area contributed by atoms with Gasteiger partial charge >= 0.3 is 6.01 Å². The fourth-order valence-corrected chi connectivity index (χ4v) is 3.09. The van der Waals surface area contributed by atoms with Crippen molar-refractivity contribution >= 4 is 28.8 Å². The maximum atomic E-state index is 9.96. The summed E-state index contributed by atoms with van der Waals surface area (Å²) in [6, 6.07) is 14.4. The third kappa shape index (κ3) is 3.16. The minimum atomic E-state index is -0.272. The molecule has 0 saturated carbocycles. The molecule has 0 bridgehead atoms. The van der Waals surface area contributed by atoms with Gasteiger partial charge in [-0.2, -0.15) is 14.6 Å². The topological polar surface area (TPSA) is 72.5 Å². The minimum Gasteiger partial charge on any atom is -0.486 e. The molecule has 0 fully saturated rings. The molecule has 0 aliphatic rings. The van der Waals surface area contributed by atoms with Gasteiger partial charge in [0.25, 0.3) is 0 Å². The molecule has 2 aromatic heterocycles. The van der Waals surface area contributed by atoms with Crippen molar-refractivity contribution in [3.8, 4) is 23.1 Å². The van der Waals surface area contributed by atoms with Gasteiger partial charge in [0.2, 0.25) is 0 Å². The van der Waals surface area contributed by atoms with Crippen LogP contribution in [0, 0.1) is 0 Å². The summed E-state index contributed by atoms with van der Waals surface area (Å²) in [6.07, 6.45) is 1.52. The minimum absolute atomic E-state index is 0.272. The molecule has 4 rings (SSSR count). The first kappa shape index (κ1) is 16.6. The monoisotopic (exact) mass is 386 g/mol. The number of benzene rings is 2. The molecule has 0 spiro atoms. The van der Waals surface area contributed by atoms with Crippen molar-refractivity contribution in [2.24, 2.45) is 0 Å². The molecule has 4 aromatic rings. The van der Waals surface area contributed by atoms with E-state index in [0.717, 1.165) is 5.56 Å². The van der Waals surface area contributed by atoms with Gasteiger partial charge < -0.3 is 9.84 Å². The molecule has 0 radical (unpaired) electrons. The lowest BCUT2D eigenvalue weighted by atomic mass is 10.2. The standard InChI is InChI=1S/C18H12Cl2N4O2/c19-13-8-12(17-22-15-6-7-21-24(15)18(25)23-17)9-14(20)16(13)26-10-11-4-2-1-3-5-11/h1-9H,10H2,(H,22,23,25). The molecular weight excluding hydrogens is 375 g/mol. The summed E-state index contributed by atoms with van der Waals surface area (Å²) in [7, 11) is 0. The van der Waals surface area contributed by atoms with Gasteiger partial charge in [0.15, 0.2) is 17.2 Å². The molecule has 0 saturated heterocycles. The third-order valence-electron chi connectivity index (χ3n) is 3.72. The van der Waals surface area contributed by atoms with Gasteiger partial charge in [-0.3, -0.25) is 0 Å². The number of aromatic hydroxyl groups is 1. The van der Waals surface area contributed by atoms with Crippen molar-refractivity contribution in [2.45, 2.75) is 6.61 Å². The van der Waals surface area contributed by atoms with E-state index in [2.05, 4.69) is 15.1 Å². The lowest BCUT2D eigenvalue weighted by molar-refractivity contribution is 0.306. The molecule has 8 heteroatoms. The molecule has 0 atom stereocenters. The van der Waals surface area contributed by atoms with E-state index in [0.29, 0.717) is 33.6 Å². The van der Waals surface area contributed by atoms with E-state index in [-0.39, 0.29) is 11.8 Å². The SMILES string of the molecule is Oc1nc(-c2cc(Cl)c(OCc3ccccc3)c(Cl)c2)nc2ccnn12. The molecular formula is C18H12Cl2N4O2. The summed E-state index contributed by atoms with van der Waals surface area (Å²) in [4.78, 5) is 8.38. The highest BCUT2D eigenvalue weighted by molar-refractivity contribution is 6.37. The smallest absolute Gasteiger partial charge is 0.319 e. The molecule has 130 valence electrons. The zero-order valence-corrected chi connectivity index (χ0v) is 14.8. The van der Waals surface area contributed by atoms with E-state index >= 15 is 0 Å². The molecule has 0 aliphatic heterocycles. The van der Waals surface area contributed by atoms with Gasteiger partial charge in [-0.15, -0.1) is 0 Å². The van der Waals surface area contributed by atoms with E-state index in [9.17, 15) is 5.11 Å². The summed E-state index contributed by atoms with van der Waals surface area (Å²) in [5.74, 6) is 0.671. The van der Waals surface area contributed by atoms with E-state index < -0.39 is 0 Å². The van der Waals surface area contributed by atoms with Gasteiger partial charge in [-0.1, -0.05) is 53.5 Å². The van der Waals surface area contributed by atoms with Gasteiger partial charge in [-0.25, -0.2) is 4.98 Å². The van der Waals surface area contributed by atoms with Crippen LogP contribution < -0.4 is 4.74 Å². The second-order valence-corrected chi connectivity index (χ2v) is 6.31. The van der Waals surface area contributed by atoms with Crippen molar-refractivity contribution in [2.75, 3.05) is 0 Å². The Morgan fingerprint density at radius 3 is 2.46 bits per heavy atom. The molecule has 0 amide bonds. The number of rotatable bonds is 4. The normalized spacial score (nSPS) is 11.0. The van der Waals surface area contributed by atoms with Crippen molar-refractivity contribution < 1.29 is 9.84 Å². The van der Waals surface area contributed by atoms with Crippen LogP contribution in [0.15, 0.2) is 54.7 Å². The summed E-state index contributed by atoms with van der Waals surface area (Å²) in [5.41, 5.74) is 2.03. The van der Waals surface area contributed by atoms with Crippen LogP contribution in [0.2, 0.25) is 10.0 Å². The number of aromatic nitrogens is 4. The first-order chi connectivity index (χ1) is 12.6. The van der Waals surface area contributed by atoms with Crippen LogP contribution in [-0.4, -0.2) is 24.7 Å². The van der Waals surface area contributed by atoms with Crippen molar-refractivity contribution in [1.82, 2.24) is 19.6 Å². The van der Waals surface area contributed by atoms with Gasteiger partial charge in [-0.05, 0) is 17.7 Å². The predicted octanol–water partition coefficient (Wildman–Crippen LogP) is 4.38. The average molecular weight is 387 g/mol. The van der Waals surface area contributed by atoms with Crippen LogP contribution >= 0.6 is 23.2 Å². The summed E-state index contributed by atoms with van der Waals surface area (Å²) in [6.45, 7) is 0.346. The summed E-state index contributed by atoms with van der Waals surface area (Å²) >= 11 is 12.7. The van der Waals surface area contributed by atoms with Gasteiger partial charge in [0.1, 0.15) is 6.61 Å². The van der Waals surface area contributed by atoms with Crippen LogP contribution in [0.1, 0.15) is 5.56 Å². The van der Waals surface area contributed by atoms with Crippen LogP contribution in [0.25, 0.3) is 17.0 Å². The van der Waals surface area contributed by atoms with E-state index in [1.54, 1.807) is 18.2 Å². The second-order valence-electron chi connectivity index (χ2n) is 5.49. The van der Waals surface area contributed by atoms with Crippen molar-refractivity contribution in [1.29, 1.82) is 0 Å². The number of hydrogen-bond donors (Lipinski definition) is 1. The lowest BCUT2D eigenvalue weighted by Crippen LogP contribution is -1.99. The Bertz CT molecular complexity index is 1060. The number of ether oxygens (including phenoxy) is 1. The summed E-state index contributed by atoms with van der Waals surface area (Å²) in [5, 5.41) is 14.6. The molecule has 6 nitrogen and oxygen atoms in total. The van der Waals surface area contributed by atoms with Gasteiger partial charge in [0, 0.05) is 11.6 Å². The van der Waals surface area contributed by atoms with Crippen LogP contribution in [0.4, 0.5) is 0 Å². The van der Waals surface area contributed by atoms with Gasteiger partial charge in [0.05, 0.1) is 16.2 Å². The quantitative estimate of drug-likeness (QED) is 0.563. The average Bonchev–Trinajstić information content (AvgIpc) is 3.11. The highest BCUT2D eigenvalue weighted by atomic mass is 35.5. The largest absolute Gasteiger partial charge is 0.486 e. The molecule has 1 N–H and O–H groups in total.